The lowest BCUT2D eigenvalue weighted by Crippen LogP contribution is -2.34. The average molecular weight is 306 g/mol. The van der Waals surface area contributed by atoms with Crippen LogP contribution in [0.1, 0.15) is 13.3 Å². The van der Waals surface area contributed by atoms with Crippen molar-refractivity contribution in [2.45, 2.75) is 19.9 Å². The van der Waals surface area contributed by atoms with Crippen LogP contribution in [0.15, 0.2) is 27.9 Å². The van der Waals surface area contributed by atoms with E-state index in [-0.39, 0.29) is 16.7 Å². The summed E-state index contributed by atoms with van der Waals surface area (Å²) in [5.74, 6) is 0.455. The molecule has 0 saturated carbocycles. The molecule has 0 fully saturated rings. The first-order chi connectivity index (χ1) is 10.1. The molecule has 3 aromatic heterocycles. The predicted octanol–water partition coefficient (Wildman–Crippen LogP) is 1.54. The summed E-state index contributed by atoms with van der Waals surface area (Å²) in [5, 5.41) is 0.369. The molecule has 3 aromatic rings. The van der Waals surface area contributed by atoms with Gasteiger partial charge in [-0.05, 0) is 18.6 Å². The minimum Gasteiger partial charge on any atom is -0.332 e. The number of rotatable bonds is 3. The molecule has 0 spiro atoms. The van der Waals surface area contributed by atoms with E-state index >= 15 is 0 Å². The molecule has 0 radical (unpaired) electrons. The molecule has 8 heteroatoms. The monoisotopic (exact) mass is 305 g/mol. The maximum atomic E-state index is 12.3. The van der Waals surface area contributed by atoms with E-state index < -0.39 is 5.69 Å². The van der Waals surface area contributed by atoms with E-state index in [9.17, 15) is 9.59 Å². The molecule has 0 aromatic carbocycles. The number of aromatic amines is 2. The fraction of sp³-hybridized carbons (Fsp3) is 0.231. The first-order valence-electron chi connectivity index (χ1n) is 6.45. The highest BCUT2D eigenvalue weighted by atomic mass is 35.5. The number of nitrogens with zero attached hydrogens (tertiary/aromatic N) is 3. The van der Waals surface area contributed by atoms with Gasteiger partial charge in [0.05, 0.1) is 0 Å². The van der Waals surface area contributed by atoms with Gasteiger partial charge in [0.1, 0.15) is 16.5 Å². The summed E-state index contributed by atoms with van der Waals surface area (Å²) in [6.07, 6.45) is 2.24. The van der Waals surface area contributed by atoms with Crippen molar-refractivity contribution in [2.75, 3.05) is 0 Å². The Morgan fingerprint density at radius 1 is 1.29 bits per heavy atom. The van der Waals surface area contributed by atoms with Gasteiger partial charge in [-0.2, -0.15) is 0 Å². The maximum absolute atomic E-state index is 12.3. The molecule has 0 bridgehead atoms. The zero-order valence-corrected chi connectivity index (χ0v) is 11.9. The zero-order chi connectivity index (χ0) is 15.0. The minimum atomic E-state index is -0.457. The van der Waals surface area contributed by atoms with Crippen molar-refractivity contribution >= 4 is 22.8 Å². The summed E-state index contributed by atoms with van der Waals surface area (Å²) >= 11 is 5.74. The van der Waals surface area contributed by atoms with Crippen LogP contribution in [0.5, 0.6) is 0 Å². The summed E-state index contributed by atoms with van der Waals surface area (Å²) in [6, 6.07) is 3.36. The molecule has 21 heavy (non-hydrogen) atoms. The number of pyridine rings is 1. The second-order valence-corrected chi connectivity index (χ2v) is 4.95. The van der Waals surface area contributed by atoms with Crippen molar-refractivity contribution in [2.24, 2.45) is 0 Å². The second kappa shape index (κ2) is 5.17. The highest BCUT2D eigenvalue weighted by molar-refractivity contribution is 6.29. The van der Waals surface area contributed by atoms with Gasteiger partial charge >= 0.3 is 5.69 Å². The molecule has 108 valence electrons. The smallest absolute Gasteiger partial charge is 0.330 e. The van der Waals surface area contributed by atoms with Crippen molar-refractivity contribution in [3.63, 3.8) is 0 Å². The van der Waals surface area contributed by atoms with Gasteiger partial charge in [0, 0.05) is 18.3 Å². The van der Waals surface area contributed by atoms with Gasteiger partial charge in [-0.1, -0.05) is 18.5 Å². The van der Waals surface area contributed by atoms with E-state index in [0.29, 0.717) is 29.5 Å². The first kappa shape index (κ1) is 13.6. The van der Waals surface area contributed by atoms with Crippen molar-refractivity contribution in [3.05, 3.63) is 44.3 Å². The Hall–Kier alpha value is -2.41. The van der Waals surface area contributed by atoms with E-state index in [1.807, 2.05) is 6.92 Å². The minimum absolute atomic E-state index is 0.238. The van der Waals surface area contributed by atoms with Gasteiger partial charge in [0.15, 0.2) is 5.65 Å². The fourth-order valence-electron chi connectivity index (χ4n) is 2.09. The number of hydrogen-bond donors (Lipinski definition) is 2. The number of fused-ring (bicyclic) bond motifs is 1. The van der Waals surface area contributed by atoms with Gasteiger partial charge < -0.3 is 4.98 Å². The highest BCUT2D eigenvalue weighted by Gasteiger charge is 2.12. The van der Waals surface area contributed by atoms with Crippen molar-refractivity contribution < 1.29 is 0 Å². The molecule has 7 nitrogen and oxygen atoms in total. The van der Waals surface area contributed by atoms with Crippen LogP contribution in [0.2, 0.25) is 5.15 Å². The van der Waals surface area contributed by atoms with Crippen LogP contribution in [-0.4, -0.2) is 24.5 Å². The number of H-pyrrole nitrogens is 2. The summed E-state index contributed by atoms with van der Waals surface area (Å²) in [7, 11) is 0. The third-order valence-corrected chi connectivity index (χ3v) is 3.30. The molecule has 0 unspecified atom stereocenters. The quantitative estimate of drug-likeness (QED) is 0.717. The van der Waals surface area contributed by atoms with Crippen LogP contribution in [0, 0.1) is 0 Å². The van der Waals surface area contributed by atoms with Crippen molar-refractivity contribution in [1.82, 2.24) is 24.5 Å². The number of hydrogen-bond acceptors (Lipinski definition) is 4. The predicted molar refractivity (Wildman–Crippen MR) is 79.5 cm³/mol. The summed E-state index contributed by atoms with van der Waals surface area (Å²) in [5.41, 5.74) is 0.353. The number of halogens is 1. The largest absolute Gasteiger partial charge is 0.332 e. The van der Waals surface area contributed by atoms with Crippen molar-refractivity contribution in [3.8, 4) is 11.4 Å². The molecular formula is C13H12ClN5O2. The van der Waals surface area contributed by atoms with Crippen LogP contribution in [0.25, 0.3) is 22.6 Å². The highest BCUT2D eigenvalue weighted by Crippen LogP contribution is 2.17. The third kappa shape index (κ3) is 2.36. The van der Waals surface area contributed by atoms with E-state index in [2.05, 4.69) is 19.9 Å². The molecule has 0 amide bonds. The van der Waals surface area contributed by atoms with Gasteiger partial charge in [-0.15, -0.1) is 0 Å². The standard InChI is InChI=1S/C13H12ClN5O2/c1-2-5-19-12(20)9-11(18-13(19)21)17-10(16-9)7-3-4-8(14)15-6-7/h3-4,6H,2,5H2,1H3,(H,16,17)(H,18,21). The fourth-order valence-corrected chi connectivity index (χ4v) is 2.21. The molecule has 0 aliphatic rings. The average Bonchev–Trinajstić information content (AvgIpc) is 2.88. The summed E-state index contributed by atoms with van der Waals surface area (Å²) in [6.45, 7) is 2.26. The molecule has 0 saturated heterocycles. The summed E-state index contributed by atoms with van der Waals surface area (Å²) in [4.78, 5) is 37.9. The SMILES string of the molecule is CCCn1c(=O)[nH]c2nc(-c3ccc(Cl)nc3)[nH]c2c1=O. The van der Waals surface area contributed by atoms with Gasteiger partial charge in [-0.25, -0.2) is 14.8 Å². The number of imidazole rings is 1. The van der Waals surface area contributed by atoms with E-state index in [1.165, 1.54) is 0 Å². The topological polar surface area (TPSA) is 96.4 Å². The molecule has 3 heterocycles. The van der Waals surface area contributed by atoms with E-state index in [1.54, 1.807) is 18.3 Å². The lowest BCUT2D eigenvalue weighted by atomic mass is 10.3. The van der Waals surface area contributed by atoms with Crippen molar-refractivity contribution in [1.29, 1.82) is 0 Å². The molecule has 0 atom stereocenters. The van der Waals surface area contributed by atoms with Crippen LogP contribution in [-0.2, 0) is 6.54 Å². The molecule has 2 N–H and O–H groups in total. The maximum Gasteiger partial charge on any atom is 0.330 e. The molecule has 0 aliphatic carbocycles. The first-order valence-corrected chi connectivity index (χ1v) is 6.82. The number of nitrogens with one attached hydrogen (secondary N) is 2. The van der Waals surface area contributed by atoms with E-state index in [4.69, 9.17) is 11.6 Å². The zero-order valence-electron chi connectivity index (χ0n) is 11.2. The Balaban J connectivity index is 2.21. The summed E-state index contributed by atoms with van der Waals surface area (Å²) < 4.78 is 1.16. The van der Waals surface area contributed by atoms with Gasteiger partial charge in [-0.3, -0.25) is 14.3 Å². The Morgan fingerprint density at radius 2 is 2.10 bits per heavy atom. The van der Waals surface area contributed by atoms with Crippen LogP contribution < -0.4 is 11.2 Å². The Labute approximate surface area is 123 Å². The Kier molecular flexibility index (Phi) is 3.34. The Bertz CT molecular complexity index is 907. The second-order valence-electron chi connectivity index (χ2n) is 4.57. The van der Waals surface area contributed by atoms with Crippen LogP contribution in [0.4, 0.5) is 0 Å². The Morgan fingerprint density at radius 3 is 2.76 bits per heavy atom. The molecule has 3 rings (SSSR count). The van der Waals surface area contributed by atoms with E-state index in [0.717, 1.165) is 4.57 Å². The number of aromatic nitrogens is 5. The normalized spacial score (nSPS) is 11.1. The molecule has 0 aliphatic heterocycles. The van der Waals surface area contributed by atoms with Crippen LogP contribution in [0.3, 0.4) is 0 Å². The lowest BCUT2D eigenvalue weighted by Gasteiger charge is -2.00. The third-order valence-electron chi connectivity index (χ3n) is 3.08. The van der Waals surface area contributed by atoms with Crippen LogP contribution >= 0.6 is 11.6 Å². The van der Waals surface area contributed by atoms with Gasteiger partial charge in [0.25, 0.3) is 5.56 Å². The molecular weight excluding hydrogens is 294 g/mol. The lowest BCUT2D eigenvalue weighted by molar-refractivity contribution is 0.622. The van der Waals surface area contributed by atoms with Gasteiger partial charge in [0.2, 0.25) is 0 Å².